The molecular weight excluding hydrogens is 418 g/mol. The van der Waals surface area contributed by atoms with Crippen molar-refractivity contribution in [3.63, 3.8) is 0 Å². The van der Waals surface area contributed by atoms with Gasteiger partial charge < -0.3 is 27.3 Å². The van der Waals surface area contributed by atoms with E-state index in [0.717, 1.165) is 53.4 Å². The molecule has 5 rings (SSSR count). The summed E-state index contributed by atoms with van der Waals surface area (Å²) in [6.07, 6.45) is 11.9. The number of fused-ring (bicyclic) bond motifs is 7. The van der Waals surface area contributed by atoms with Crippen molar-refractivity contribution in [3.05, 3.63) is 27.3 Å². The third-order valence-electron chi connectivity index (χ3n) is 9.90. The van der Waals surface area contributed by atoms with Gasteiger partial charge in [-0.2, -0.15) is 7.05 Å². The molecule has 0 aromatic carbocycles. The Labute approximate surface area is 205 Å². The molecule has 2 aliphatic heterocycles. The molecule has 30 heavy (non-hydrogen) atoms. The largest absolute Gasteiger partial charge is 4.00 e. The van der Waals surface area contributed by atoms with Gasteiger partial charge in [0.15, 0.2) is 0 Å². The Hall–Kier alpha value is 0.811. The monoisotopic (exact) mass is 467 g/mol. The summed E-state index contributed by atoms with van der Waals surface area (Å²) < 4.78 is 0. The zero-order chi connectivity index (χ0) is 18.2. The van der Waals surface area contributed by atoms with Crippen molar-refractivity contribution in [2.24, 2.45) is 23.7 Å². The molecule has 3 aliphatic carbocycles. The molecule has 8 unspecified atom stereocenters. The third-order valence-corrected chi connectivity index (χ3v) is 13.4. The normalized spacial score (nSPS) is 44.9. The fraction of sp³-hybridized carbons (Fsp3) is 0.880. The van der Waals surface area contributed by atoms with Gasteiger partial charge in [-0.15, -0.1) is 0 Å². The van der Waals surface area contributed by atoms with Crippen molar-refractivity contribution >= 4 is 8.24 Å². The second kappa shape index (κ2) is 10.4. The molecule has 2 heterocycles. The molecule has 0 spiro atoms. The third kappa shape index (κ3) is 3.88. The van der Waals surface area contributed by atoms with Crippen molar-refractivity contribution in [1.82, 2.24) is 9.80 Å². The van der Waals surface area contributed by atoms with Crippen LogP contribution in [0.4, 0.5) is 0 Å². The number of likely N-dealkylation sites (tertiary alicyclic amines) is 2. The summed E-state index contributed by atoms with van der Waals surface area (Å²) in [5.74, 6) is 3.94. The Kier molecular flexibility index (Phi) is 9.99. The number of rotatable bonds is 2. The zero-order valence-electron chi connectivity index (χ0n) is 21.2. The molecule has 0 amide bonds. The summed E-state index contributed by atoms with van der Waals surface area (Å²) in [7, 11) is 5.55. The molecule has 3 saturated carbocycles. The first-order chi connectivity index (χ1) is 12.5. The van der Waals surface area contributed by atoms with Crippen LogP contribution in [0.15, 0.2) is 0 Å². The van der Waals surface area contributed by atoms with Crippen LogP contribution in [-0.2, 0) is 21.7 Å². The van der Waals surface area contributed by atoms with Crippen molar-refractivity contribution in [1.29, 1.82) is 0 Å². The predicted molar refractivity (Wildman–Crippen MR) is 131 cm³/mol. The van der Waals surface area contributed by atoms with E-state index in [2.05, 4.69) is 44.0 Å². The molecule has 0 aromatic heterocycles. The van der Waals surface area contributed by atoms with Crippen LogP contribution in [0.25, 0.3) is 4.98 Å². The molecular formula is C25H49N3SiTi. The molecule has 5 aliphatic rings. The Morgan fingerprint density at radius 2 is 1.07 bits per heavy atom. The van der Waals surface area contributed by atoms with Gasteiger partial charge in [0.1, 0.15) is 0 Å². The summed E-state index contributed by atoms with van der Waals surface area (Å²) in [5.41, 5.74) is 0.841. The van der Waals surface area contributed by atoms with E-state index in [4.69, 9.17) is 4.98 Å². The molecule has 0 N–H and O–H groups in total. The van der Waals surface area contributed by atoms with Crippen LogP contribution in [0.2, 0.25) is 18.6 Å². The average Bonchev–Trinajstić information content (AvgIpc) is 3.24. The number of nitrogens with zero attached hydrogens (tertiary/aromatic N) is 3. The zero-order valence-corrected chi connectivity index (χ0v) is 23.8. The Morgan fingerprint density at radius 1 is 0.700 bits per heavy atom. The van der Waals surface area contributed by atoms with E-state index in [1.807, 2.05) is 0 Å². The number of hydrogen-bond acceptors (Lipinski definition) is 2. The Bertz CT molecular complexity index is 519. The van der Waals surface area contributed by atoms with Gasteiger partial charge in [0, 0.05) is 24.2 Å². The van der Waals surface area contributed by atoms with Crippen LogP contribution in [0.5, 0.6) is 0 Å². The quantitative estimate of drug-likeness (QED) is 0.372. The number of hydrogen-bond donors (Lipinski definition) is 0. The van der Waals surface area contributed by atoms with E-state index in [0.29, 0.717) is 0 Å². The van der Waals surface area contributed by atoms with E-state index < -0.39 is 8.24 Å². The first-order valence-electron chi connectivity index (χ1n) is 11.5. The van der Waals surface area contributed by atoms with Gasteiger partial charge in [-0.05, 0) is 69.0 Å². The first-order valence-corrected chi connectivity index (χ1v) is 14.5. The van der Waals surface area contributed by atoms with Gasteiger partial charge in [0.05, 0.1) is 0 Å². The SMILES string of the molecule is C[N-][Si](C)(C)C1C2C(C3CCCCC3N2C)C2C3CCCCC3N(C)C21.[CH3-].[CH3-].[CH3-].[Ti+4]. The van der Waals surface area contributed by atoms with Gasteiger partial charge in [-0.1, -0.05) is 47.0 Å². The van der Waals surface area contributed by atoms with Gasteiger partial charge in [0.2, 0.25) is 0 Å². The molecule has 5 heteroatoms. The maximum atomic E-state index is 5.11. The summed E-state index contributed by atoms with van der Waals surface area (Å²) >= 11 is 0. The summed E-state index contributed by atoms with van der Waals surface area (Å²) in [6.45, 7) is 5.14. The topological polar surface area (TPSA) is 20.6 Å². The molecule has 0 bridgehead atoms. The second-order valence-corrected chi connectivity index (χ2v) is 15.3. The fourth-order valence-electron chi connectivity index (χ4n) is 8.88. The van der Waals surface area contributed by atoms with Crippen molar-refractivity contribution in [3.8, 4) is 0 Å². The summed E-state index contributed by atoms with van der Waals surface area (Å²) in [5, 5.41) is 0. The van der Waals surface area contributed by atoms with Crippen molar-refractivity contribution in [2.45, 2.75) is 94.2 Å². The van der Waals surface area contributed by atoms with E-state index in [1.54, 1.807) is 0 Å². The molecule has 2 saturated heterocycles. The van der Waals surface area contributed by atoms with Gasteiger partial charge in [0.25, 0.3) is 0 Å². The fourth-order valence-corrected chi connectivity index (χ4v) is 11.8. The van der Waals surface area contributed by atoms with E-state index in [9.17, 15) is 0 Å². The standard InChI is InChI=1S/C22H40N3Si.3CH3.Ti/c1-23-26(4,5)22-20-18(14-10-6-8-12-16(14)24(20)2)19-15-11-7-9-13-17(15)25(3)21(19)22;;;;/h14-22H,6-13H2,1-5H3;3*1H3;/q4*-1;+4. The Morgan fingerprint density at radius 3 is 1.43 bits per heavy atom. The summed E-state index contributed by atoms with van der Waals surface area (Å²) in [4.78, 5) is 10.9. The second-order valence-electron chi connectivity index (χ2n) is 10.9. The van der Waals surface area contributed by atoms with Crippen LogP contribution in [-0.4, -0.2) is 63.3 Å². The van der Waals surface area contributed by atoms with Gasteiger partial charge in [-0.25, -0.2) is 0 Å². The smallest absolute Gasteiger partial charge is 0.667 e. The van der Waals surface area contributed by atoms with Crippen LogP contribution in [0, 0.1) is 46.0 Å². The minimum Gasteiger partial charge on any atom is -0.667 e. The van der Waals surface area contributed by atoms with Crippen molar-refractivity contribution < 1.29 is 21.7 Å². The average molecular weight is 468 g/mol. The van der Waals surface area contributed by atoms with Crippen molar-refractivity contribution in [2.75, 3.05) is 21.1 Å². The first kappa shape index (κ1) is 28.8. The molecule has 5 fully saturated rings. The van der Waals surface area contributed by atoms with Crippen LogP contribution in [0.3, 0.4) is 0 Å². The predicted octanol–water partition coefficient (Wildman–Crippen LogP) is 5.91. The molecule has 0 aromatic rings. The van der Waals surface area contributed by atoms with Gasteiger partial charge >= 0.3 is 21.7 Å². The summed E-state index contributed by atoms with van der Waals surface area (Å²) in [6, 6.07) is 3.43. The minimum absolute atomic E-state index is 0. The van der Waals surface area contributed by atoms with Crippen LogP contribution >= 0.6 is 0 Å². The molecule has 0 radical (unpaired) electrons. The molecule has 172 valence electrons. The molecule has 8 atom stereocenters. The minimum atomic E-state index is -1.59. The molecule has 3 nitrogen and oxygen atoms in total. The Balaban J connectivity index is 0.00000112. The van der Waals surface area contributed by atoms with Gasteiger partial charge in [-0.3, -0.25) is 9.80 Å². The van der Waals surface area contributed by atoms with E-state index in [1.165, 1.54) is 51.4 Å². The van der Waals surface area contributed by atoms with Crippen LogP contribution < -0.4 is 0 Å². The van der Waals surface area contributed by atoms with E-state index in [-0.39, 0.29) is 44.0 Å². The van der Waals surface area contributed by atoms with E-state index >= 15 is 0 Å². The van der Waals surface area contributed by atoms with Crippen LogP contribution in [0.1, 0.15) is 51.4 Å². The maximum absolute atomic E-state index is 5.11. The maximum Gasteiger partial charge on any atom is 4.00 e.